The zero-order valence-electron chi connectivity index (χ0n) is 17.0. The second-order valence-corrected chi connectivity index (χ2v) is 8.36. The molecule has 1 atom stereocenters. The minimum absolute atomic E-state index is 0.0657. The molecule has 2 aliphatic rings. The Morgan fingerprint density at radius 3 is 2.73 bits per heavy atom. The summed E-state index contributed by atoms with van der Waals surface area (Å²) in [6.45, 7) is 4.03. The van der Waals surface area contributed by atoms with Crippen LogP contribution in [0.5, 0.6) is 0 Å². The molecule has 3 heterocycles. The van der Waals surface area contributed by atoms with E-state index < -0.39 is 6.10 Å². The molecule has 2 aliphatic heterocycles. The van der Waals surface area contributed by atoms with Crippen molar-refractivity contribution < 1.29 is 9.84 Å². The van der Waals surface area contributed by atoms with E-state index in [-0.39, 0.29) is 5.56 Å². The van der Waals surface area contributed by atoms with Gasteiger partial charge in [0, 0.05) is 36.9 Å². The van der Waals surface area contributed by atoms with Crippen LogP contribution in [0, 0.1) is 0 Å². The van der Waals surface area contributed by atoms with Gasteiger partial charge in [0.15, 0.2) is 0 Å². The SMILES string of the molecule is O=c1c2cc(NC3COC3)ccc2ccn1CC(O)CN1CCc2ccccc2C1. The summed E-state index contributed by atoms with van der Waals surface area (Å²) in [5, 5.41) is 15.7. The molecule has 156 valence electrons. The maximum atomic E-state index is 13.0. The van der Waals surface area contributed by atoms with Crippen LogP contribution in [0.4, 0.5) is 5.69 Å². The maximum absolute atomic E-state index is 13.0. The summed E-state index contributed by atoms with van der Waals surface area (Å²) in [7, 11) is 0. The minimum atomic E-state index is -0.598. The van der Waals surface area contributed by atoms with Crippen LogP contribution in [0.1, 0.15) is 11.1 Å². The highest BCUT2D eigenvalue weighted by atomic mass is 16.5. The fourth-order valence-electron chi connectivity index (χ4n) is 4.36. The van der Waals surface area contributed by atoms with Crippen molar-refractivity contribution in [3.05, 3.63) is 76.2 Å². The summed E-state index contributed by atoms with van der Waals surface area (Å²) < 4.78 is 6.83. The topological polar surface area (TPSA) is 66.7 Å². The van der Waals surface area contributed by atoms with Crippen LogP contribution in [-0.2, 0) is 24.2 Å². The number of benzene rings is 2. The number of β-amino-alcohol motifs (C(OH)–C–C–N with tert-alkyl or cyclic N) is 1. The lowest BCUT2D eigenvalue weighted by molar-refractivity contribution is 0.0211. The average Bonchev–Trinajstić information content (AvgIpc) is 2.73. The predicted molar refractivity (Wildman–Crippen MR) is 118 cm³/mol. The van der Waals surface area contributed by atoms with E-state index in [0.717, 1.165) is 30.6 Å². The van der Waals surface area contributed by atoms with Crippen LogP contribution in [0.15, 0.2) is 59.5 Å². The zero-order chi connectivity index (χ0) is 20.5. The number of nitrogens with zero attached hydrogens (tertiary/aromatic N) is 2. The molecule has 0 radical (unpaired) electrons. The maximum Gasteiger partial charge on any atom is 0.258 e. The highest BCUT2D eigenvalue weighted by Crippen LogP contribution is 2.20. The lowest BCUT2D eigenvalue weighted by Gasteiger charge is -2.30. The van der Waals surface area contributed by atoms with Gasteiger partial charge in [-0.15, -0.1) is 0 Å². The Kier molecular flexibility index (Phi) is 5.29. The first-order valence-corrected chi connectivity index (χ1v) is 10.6. The van der Waals surface area contributed by atoms with Gasteiger partial charge in [-0.1, -0.05) is 30.3 Å². The molecule has 2 N–H and O–H groups in total. The molecular formula is C24H27N3O3. The third-order valence-corrected chi connectivity index (χ3v) is 6.07. The molecule has 0 bridgehead atoms. The van der Waals surface area contributed by atoms with Gasteiger partial charge in [0.05, 0.1) is 31.9 Å². The molecular weight excluding hydrogens is 378 g/mol. The van der Waals surface area contributed by atoms with E-state index in [9.17, 15) is 9.90 Å². The van der Waals surface area contributed by atoms with Gasteiger partial charge in [-0.2, -0.15) is 0 Å². The Morgan fingerprint density at radius 2 is 1.93 bits per heavy atom. The average molecular weight is 405 g/mol. The zero-order valence-corrected chi connectivity index (χ0v) is 17.0. The van der Waals surface area contributed by atoms with E-state index in [0.29, 0.717) is 37.7 Å². The molecule has 30 heavy (non-hydrogen) atoms. The predicted octanol–water partition coefficient (Wildman–Crippen LogP) is 2.23. The molecule has 1 unspecified atom stereocenters. The first kappa shape index (κ1) is 19.3. The Morgan fingerprint density at radius 1 is 1.10 bits per heavy atom. The lowest BCUT2D eigenvalue weighted by Crippen LogP contribution is -2.40. The normalized spacial score (nSPS) is 18.0. The van der Waals surface area contributed by atoms with Crippen LogP contribution < -0.4 is 10.9 Å². The third kappa shape index (κ3) is 3.99. The number of aliphatic hydroxyl groups excluding tert-OH is 1. The van der Waals surface area contributed by atoms with Crippen LogP contribution >= 0.6 is 0 Å². The van der Waals surface area contributed by atoms with Gasteiger partial charge in [0.25, 0.3) is 5.56 Å². The van der Waals surface area contributed by atoms with E-state index in [4.69, 9.17) is 4.74 Å². The van der Waals surface area contributed by atoms with Crippen molar-refractivity contribution in [2.75, 3.05) is 31.6 Å². The fourth-order valence-corrected chi connectivity index (χ4v) is 4.36. The van der Waals surface area contributed by atoms with Gasteiger partial charge in [-0.3, -0.25) is 9.69 Å². The fraction of sp³-hybridized carbons (Fsp3) is 0.375. The van der Waals surface area contributed by atoms with E-state index in [1.54, 1.807) is 10.8 Å². The van der Waals surface area contributed by atoms with Crippen molar-refractivity contribution in [1.82, 2.24) is 9.47 Å². The number of hydrogen-bond acceptors (Lipinski definition) is 5. The number of fused-ring (bicyclic) bond motifs is 2. The van der Waals surface area contributed by atoms with Crippen molar-refractivity contribution in [1.29, 1.82) is 0 Å². The molecule has 1 saturated heterocycles. The third-order valence-electron chi connectivity index (χ3n) is 6.07. The van der Waals surface area contributed by atoms with Gasteiger partial charge in [-0.25, -0.2) is 0 Å². The van der Waals surface area contributed by atoms with Crippen molar-refractivity contribution >= 4 is 16.5 Å². The van der Waals surface area contributed by atoms with Gasteiger partial charge in [-0.05, 0) is 41.1 Å². The summed E-state index contributed by atoms with van der Waals surface area (Å²) >= 11 is 0. The van der Waals surface area contributed by atoms with Crippen molar-refractivity contribution in [2.45, 2.75) is 31.7 Å². The van der Waals surface area contributed by atoms with Crippen molar-refractivity contribution in [3.63, 3.8) is 0 Å². The Labute approximate surface area is 175 Å². The van der Waals surface area contributed by atoms with Gasteiger partial charge < -0.3 is 19.7 Å². The first-order chi connectivity index (χ1) is 14.7. The number of aliphatic hydroxyl groups is 1. The van der Waals surface area contributed by atoms with Crippen molar-refractivity contribution in [2.24, 2.45) is 0 Å². The smallest absolute Gasteiger partial charge is 0.258 e. The van der Waals surface area contributed by atoms with E-state index in [1.807, 2.05) is 24.3 Å². The first-order valence-electron chi connectivity index (χ1n) is 10.6. The van der Waals surface area contributed by atoms with Crippen LogP contribution in [-0.4, -0.2) is 53.0 Å². The van der Waals surface area contributed by atoms with Crippen LogP contribution in [0.2, 0.25) is 0 Å². The number of pyridine rings is 1. The molecule has 6 nitrogen and oxygen atoms in total. The molecule has 1 fully saturated rings. The Bertz CT molecular complexity index is 1110. The molecule has 0 saturated carbocycles. The summed E-state index contributed by atoms with van der Waals surface area (Å²) in [6.07, 6.45) is 2.19. The molecule has 3 aromatic rings. The van der Waals surface area contributed by atoms with E-state index in [1.165, 1.54) is 11.1 Å². The quantitative estimate of drug-likeness (QED) is 0.658. The Hall–Kier alpha value is -2.67. The van der Waals surface area contributed by atoms with Gasteiger partial charge in [0.2, 0.25) is 0 Å². The van der Waals surface area contributed by atoms with Gasteiger partial charge >= 0.3 is 0 Å². The van der Waals surface area contributed by atoms with Gasteiger partial charge in [0.1, 0.15) is 0 Å². The van der Waals surface area contributed by atoms with E-state index in [2.05, 4.69) is 34.5 Å². The highest BCUT2D eigenvalue weighted by molar-refractivity contribution is 5.84. The number of ether oxygens (including phenoxy) is 1. The number of aromatic nitrogens is 1. The van der Waals surface area contributed by atoms with Crippen molar-refractivity contribution in [3.8, 4) is 0 Å². The molecule has 0 aliphatic carbocycles. The second kappa shape index (κ2) is 8.22. The monoisotopic (exact) mass is 405 g/mol. The molecule has 1 aromatic heterocycles. The van der Waals surface area contributed by atoms with E-state index >= 15 is 0 Å². The molecule has 5 rings (SSSR count). The second-order valence-electron chi connectivity index (χ2n) is 8.36. The summed E-state index contributed by atoms with van der Waals surface area (Å²) in [5.74, 6) is 0. The number of rotatable bonds is 6. The minimum Gasteiger partial charge on any atom is -0.390 e. The largest absolute Gasteiger partial charge is 0.390 e. The number of hydrogen-bond donors (Lipinski definition) is 2. The molecule has 2 aromatic carbocycles. The molecule has 6 heteroatoms. The van der Waals surface area contributed by atoms with Crippen LogP contribution in [0.25, 0.3) is 10.8 Å². The summed E-state index contributed by atoms with van der Waals surface area (Å²) in [4.78, 5) is 15.3. The van der Waals surface area contributed by atoms with Crippen LogP contribution in [0.3, 0.4) is 0 Å². The summed E-state index contributed by atoms with van der Waals surface area (Å²) in [5.41, 5.74) is 3.59. The lowest BCUT2D eigenvalue weighted by atomic mass is 10.00. The molecule has 0 amide bonds. The standard InChI is InChI=1S/C24H27N3O3/c28-22(13-26-9-7-17-3-1-2-4-19(17)12-26)14-27-10-8-18-5-6-20(11-23(18)24(27)29)25-21-15-30-16-21/h1-6,8,10-11,21-22,25,28H,7,9,12-16H2. The summed E-state index contributed by atoms with van der Waals surface area (Å²) in [6, 6.07) is 16.6. The Balaban J connectivity index is 1.28. The number of nitrogens with one attached hydrogen (secondary N) is 1. The molecule has 0 spiro atoms. The number of anilines is 1. The highest BCUT2D eigenvalue weighted by Gasteiger charge is 2.20.